The third kappa shape index (κ3) is 6.92. The Morgan fingerprint density at radius 2 is 1.33 bits per heavy atom. The molecule has 192 valence electrons. The number of carbonyl (C=O) groups is 2. The maximum Gasteiger partial charge on any atom is 0.340 e. The Hall–Kier alpha value is -3.24. The topological polar surface area (TPSA) is 71.1 Å². The molecule has 0 aliphatic rings. The summed E-state index contributed by atoms with van der Waals surface area (Å²) in [6.07, 6.45) is 0.0971. The number of benzene rings is 3. The molecular weight excluding hydrogens is 569 g/mol. The number of rotatable bonds is 6. The molecule has 0 saturated carbocycles. The largest absolute Gasteiger partial charge is 0.496 e. The fourth-order valence-electron chi connectivity index (χ4n) is 3.04. The Labute approximate surface area is 219 Å². The maximum absolute atomic E-state index is 14.0. The number of ether oxygens (including phenoxy) is 4. The van der Waals surface area contributed by atoms with Crippen molar-refractivity contribution in [2.45, 2.75) is 6.42 Å². The molecule has 3 rings (SSSR count). The van der Waals surface area contributed by atoms with Crippen molar-refractivity contribution < 1.29 is 41.7 Å². The molecule has 0 atom stereocenters. The molecule has 3 aromatic carbocycles. The van der Waals surface area contributed by atoms with Crippen LogP contribution in [0.2, 0.25) is 5.02 Å². The Balaban J connectivity index is 0.000000281. The van der Waals surface area contributed by atoms with E-state index in [1.165, 1.54) is 39.5 Å². The standard InChI is InChI=1S/C16H13ClF2O3.C9H8BrFO3/c1-21-14-8-13(18)11(16(20)22-2)7-10(14)6-9-4-3-5-12(17)15(9)19;1-13-8-4-7(11)5(3-6(8)10)9(12)14-2/h3-5,7-8H,6H2,1-2H3;3-4H,1-2H3. The molecular formula is C25H21BrClF3O6. The van der Waals surface area contributed by atoms with E-state index >= 15 is 0 Å². The van der Waals surface area contributed by atoms with Crippen molar-refractivity contribution in [1.29, 1.82) is 0 Å². The lowest BCUT2D eigenvalue weighted by Crippen LogP contribution is -2.07. The number of halogens is 5. The van der Waals surface area contributed by atoms with Gasteiger partial charge < -0.3 is 18.9 Å². The molecule has 0 fully saturated rings. The SMILES string of the molecule is COC(=O)c1cc(Br)c(OC)cc1F.COC(=O)c1cc(Cc2cccc(Cl)c2F)c(OC)cc1F. The molecule has 0 unspecified atom stereocenters. The van der Waals surface area contributed by atoms with E-state index in [1.807, 2.05) is 0 Å². The highest BCUT2D eigenvalue weighted by Crippen LogP contribution is 2.29. The second-order valence-electron chi connectivity index (χ2n) is 6.98. The first kappa shape index (κ1) is 29.0. The summed E-state index contributed by atoms with van der Waals surface area (Å²) in [6.45, 7) is 0. The van der Waals surface area contributed by atoms with Crippen molar-refractivity contribution in [2.75, 3.05) is 28.4 Å². The average Bonchev–Trinajstić information content (AvgIpc) is 2.87. The van der Waals surface area contributed by atoms with Crippen LogP contribution in [0.1, 0.15) is 31.8 Å². The predicted octanol–water partition coefficient (Wildman–Crippen LogP) is 6.39. The minimum absolute atomic E-state index is 0.00762. The van der Waals surface area contributed by atoms with Crippen LogP contribution in [0.5, 0.6) is 11.5 Å². The van der Waals surface area contributed by atoms with Gasteiger partial charge in [0.15, 0.2) is 0 Å². The first-order chi connectivity index (χ1) is 17.1. The van der Waals surface area contributed by atoms with Crippen molar-refractivity contribution in [3.63, 3.8) is 0 Å². The van der Waals surface area contributed by atoms with E-state index in [1.54, 1.807) is 12.1 Å². The number of esters is 2. The van der Waals surface area contributed by atoms with Gasteiger partial charge in [0.2, 0.25) is 0 Å². The lowest BCUT2D eigenvalue weighted by molar-refractivity contribution is 0.0586. The molecule has 6 nitrogen and oxygen atoms in total. The number of methoxy groups -OCH3 is 4. The summed E-state index contributed by atoms with van der Waals surface area (Å²) in [4.78, 5) is 22.6. The van der Waals surface area contributed by atoms with Crippen molar-refractivity contribution in [3.8, 4) is 11.5 Å². The van der Waals surface area contributed by atoms with Crippen LogP contribution in [0, 0.1) is 17.5 Å². The number of hydrogen-bond donors (Lipinski definition) is 0. The Morgan fingerprint density at radius 3 is 1.86 bits per heavy atom. The van der Waals surface area contributed by atoms with Crippen LogP contribution >= 0.6 is 27.5 Å². The predicted molar refractivity (Wildman–Crippen MR) is 130 cm³/mol. The fourth-order valence-corrected chi connectivity index (χ4v) is 3.74. The van der Waals surface area contributed by atoms with E-state index in [0.29, 0.717) is 21.3 Å². The van der Waals surface area contributed by atoms with Crippen molar-refractivity contribution in [2.24, 2.45) is 0 Å². The summed E-state index contributed by atoms with van der Waals surface area (Å²) >= 11 is 8.88. The molecule has 0 radical (unpaired) electrons. The van der Waals surface area contributed by atoms with E-state index in [9.17, 15) is 22.8 Å². The molecule has 0 aromatic heterocycles. The zero-order valence-electron chi connectivity index (χ0n) is 19.6. The van der Waals surface area contributed by atoms with Crippen LogP contribution in [0.4, 0.5) is 13.2 Å². The Morgan fingerprint density at radius 1 is 0.806 bits per heavy atom. The van der Waals surface area contributed by atoms with Crippen LogP contribution in [0.15, 0.2) is 46.9 Å². The Bertz CT molecular complexity index is 1270. The number of hydrogen-bond acceptors (Lipinski definition) is 6. The minimum atomic E-state index is -0.812. The van der Waals surface area contributed by atoms with Gasteiger partial charge in [0.25, 0.3) is 0 Å². The highest BCUT2D eigenvalue weighted by atomic mass is 79.9. The first-order valence-corrected chi connectivity index (χ1v) is 11.2. The van der Waals surface area contributed by atoms with Gasteiger partial charge in [-0.15, -0.1) is 0 Å². The third-order valence-electron chi connectivity index (χ3n) is 4.83. The van der Waals surface area contributed by atoms with Crippen LogP contribution in [0.3, 0.4) is 0 Å². The van der Waals surface area contributed by atoms with Gasteiger partial charge in [-0.3, -0.25) is 0 Å². The maximum atomic E-state index is 14.0. The van der Waals surface area contributed by atoms with Crippen molar-refractivity contribution in [1.82, 2.24) is 0 Å². The van der Waals surface area contributed by atoms with Gasteiger partial charge in [-0.25, -0.2) is 22.8 Å². The van der Waals surface area contributed by atoms with Gasteiger partial charge in [0.05, 0.1) is 49.1 Å². The van der Waals surface area contributed by atoms with Gasteiger partial charge >= 0.3 is 11.9 Å². The number of carbonyl (C=O) groups excluding carboxylic acids is 2. The van der Waals surface area contributed by atoms with Crippen LogP contribution in [-0.2, 0) is 15.9 Å². The molecule has 36 heavy (non-hydrogen) atoms. The van der Waals surface area contributed by atoms with E-state index in [-0.39, 0.29) is 28.3 Å². The molecule has 0 N–H and O–H groups in total. The summed E-state index contributed by atoms with van der Waals surface area (Å²) in [5.74, 6) is -2.98. The van der Waals surface area contributed by atoms with Gasteiger partial charge in [-0.05, 0) is 45.3 Å². The molecule has 0 amide bonds. The highest BCUT2D eigenvalue weighted by molar-refractivity contribution is 9.10. The van der Waals surface area contributed by atoms with E-state index in [0.717, 1.165) is 19.2 Å². The second-order valence-corrected chi connectivity index (χ2v) is 8.24. The molecule has 11 heteroatoms. The third-order valence-corrected chi connectivity index (χ3v) is 5.75. The summed E-state index contributed by atoms with van der Waals surface area (Å²) < 4.78 is 60.5. The zero-order valence-corrected chi connectivity index (χ0v) is 21.9. The Kier molecular flexibility index (Phi) is 10.6. The van der Waals surface area contributed by atoms with E-state index in [4.69, 9.17) is 21.1 Å². The summed E-state index contributed by atoms with van der Waals surface area (Å²) in [7, 11) is 5.13. The lowest BCUT2D eigenvalue weighted by Gasteiger charge is -2.12. The van der Waals surface area contributed by atoms with Crippen LogP contribution < -0.4 is 9.47 Å². The minimum Gasteiger partial charge on any atom is -0.496 e. The lowest BCUT2D eigenvalue weighted by atomic mass is 10.0. The molecule has 0 aliphatic heterocycles. The van der Waals surface area contributed by atoms with Crippen LogP contribution in [-0.4, -0.2) is 40.4 Å². The van der Waals surface area contributed by atoms with E-state index in [2.05, 4.69) is 25.4 Å². The molecule has 0 aliphatic carbocycles. The van der Waals surface area contributed by atoms with Crippen molar-refractivity contribution >= 4 is 39.5 Å². The van der Waals surface area contributed by atoms with E-state index < -0.39 is 29.4 Å². The molecule has 0 bridgehead atoms. The van der Waals surface area contributed by atoms with Gasteiger partial charge in [0, 0.05) is 18.6 Å². The van der Waals surface area contributed by atoms with Gasteiger partial charge in [0.1, 0.15) is 29.0 Å². The van der Waals surface area contributed by atoms with Crippen LogP contribution in [0.25, 0.3) is 0 Å². The molecule has 3 aromatic rings. The summed E-state index contributed by atoms with van der Waals surface area (Å²) in [5, 5.41) is -0.00762. The van der Waals surface area contributed by atoms with Gasteiger partial charge in [-0.2, -0.15) is 0 Å². The van der Waals surface area contributed by atoms with Crippen molar-refractivity contribution in [3.05, 3.63) is 91.7 Å². The molecule has 0 heterocycles. The monoisotopic (exact) mass is 588 g/mol. The van der Waals surface area contributed by atoms with Gasteiger partial charge in [-0.1, -0.05) is 23.7 Å². The summed E-state index contributed by atoms with van der Waals surface area (Å²) in [6, 6.07) is 9.41. The highest BCUT2D eigenvalue weighted by Gasteiger charge is 2.19. The fraction of sp³-hybridized carbons (Fsp3) is 0.200. The second kappa shape index (κ2) is 13.2. The normalized spacial score (nSPS) is 10.1. The summed E-state index contributed by atoms with van der Waals surface area (Å²) in [5.41, 5.74) is 0.402. The zero-order chi connectivity index (χ0) is 27.0. The average molecular weight is 590 g/mol. The smallest absolute Gasteiger partial charge is 0.340 e. The first-order valence-electron chi connectivity index (χ1n) is 10.1. The molecule has 0 spiro atoms. The quantitative estimate of drug-likeness (QED) is 0.311. The molecule has 0 saturated heterocycles.